The molecule has 0 heterocycles. The van der Waals surface area contributed by atoms with Gasteiger partial charge in [0.1, 0.15) is 0 Å². The minimum atomic E-state index is -1.23. The quantitative estimate of drug-likeness (QED) is 0.694. The fourth-order valence-corrected chi connectivity index (χ4v) is 2.54. The number of hydrogen-bond donors (Lipinski definition) is 3. The van der Waals surface area contributed by atoms with E-state index in [1.807, 2.05) is 0 Å². The number of amides is 3. The maximum Gasteiger partial charge on any atom is 0.325 e. The second-order valence-corrected chi connectivity index (χ2v) is 6.76. The average Bonchev–Trinajstić information content (AvgIpc) is 2.31. The Balaban J connectivity index is 2.61. The summed E-state index contributed by atoms with van der Waals surface area (Å²) in [5, 5.41) is 13.5. The van der Waals surface area contributed by atoms with Crippen LogP contribution in [0.3, 0.4) is 0 Å². The van der Waals surface area contributed by atoms with Crippen molar-refractivity contribution >= 4 is 55.5 Å². The lowest BCUT2D eigenvalue weighted by Crippen LogP contribution is -2.38. The van der Waals surface area contributed by atoms with Crippen LogP contribution in [0.5, 0.6) is 0 Å². The van der Waals surface area contributed by atoms with E-state index in [-0.39, 0.29) is 6.42 Å². The number of benzene rings is 1. The van der Waals surface area contributed by atoms with Crippen LogP contribution in [-0.4, -0.2) is 23.0 Å². The van der Waals surface area contributed by atoms with Crippen molar-refractivity contribution in [3.8, 4) is 0 Å². The van der Waals surface area contributed by atoms with Crippen molar-refractivity contribution in [3.63, 3.8) is 0 Å². The normalized spacial score (nSPS) is 10.9. The zero-order valence-corrected chi connectivity index (χ0v) is 14.5. The number of anilines is 1. The molecule has 0 aromatic heterocycles. The molecule has 0 aliphatic carbocycles. The van der Waals surface area contributed by atoms with E-state index < -0.39 is 23.3 Å². The predicted molar refractivity (Wildman–Crippen MR) is 85.0 cm³/mol. The van der Waals surface area contributed by atoms with Gasteiger partial charge < -0.3 is 10.4 Å². The number of carbonyl (C=O) groups is 3. The summed E-state index contributed by atoms with van der Waals surface area (Å²) in [6.45, 7) is 2.83. The molecule has 0 spiro atoms. The molecule has 0 saturated heterocycles. The first-order chi connectivity index (χ1) is 9.61. The first kappa shape index (κ1) is 17.6. The molecule has 0 atom stereocenters. The first-order valence-electron chi connectivity index (χ1n) is 5.91. The summed E-state index contributed by atoms with van der Waals surface area (Å²) in [6, 6.07) is 4.41. The van der Waals surface area contributed by atoms with Gasteiger partial charge in [0.2, 0.25) is 5.91 Å². The Morgan fingerprint density at radius 3 is 2.38 bits per heavy atom. The molecule has 0 aliphatic rings. The third kappa shape index (κ3) is 5.47. The number of hydrogen-bond acceptors (Lipinski definition) is 3. The van der Waals surface area contributed by atoms with Crippen LogP contribution in [0.2, 0.25) is 0 Å². The molecule has 21 heavy (non-hydrogen) atoms. The maximum atomic E-state index is 11.7. The van der Waals surface area contributed by atoms with Crippen LogP contribution in [0.15, 0.2) is 27.1 Å². The molecule has 0 bridgehead atoms. The SMILES string of the molecule is CC(C)(CC(=O)NC(=O)Nc1ccc(Br)cc1Br)C(=O)O. The van der Waals surface area contributed by atoms with E-state index in [1.165, 1.54) is 13.8 Å². The maximum absolute atomic E-state index is 11.7. The molecule has 0 saturated carbocycles. The smallest absolute Gasteiger partial charge is 0.325 e. The molecule has 0 radical (unpaired) electrons. The van der Waals surface area contributed by atoms with E-state index in [9.17, 15) is 14.4 Å². The summed E-state index contributed by atoms with van der Waals surface area (Å²) >= 11 is 6.56. The highest BCUT2D eigenvalue weighted by molar-refractivity contribution is 9.11. The van der Waals surface area contributed by atoms with E-state index in [0.29, 0.717) is 10.2 Å². The van der Waals surface area contributed by atoms with Gasteiger partial charge >= 0.3 is 12.0 Å². The van der Waals surface area contributed by atoms with E-state index in [2.05, 4.69) is 42.5 Å². The molecule has 114 valence electrons. The molecule has 1 aromatic carbocycles. The van der Waals surface area contributed by atoms with Gasteiger partial charge in [0.05, 0.1) is 11.1 Å². The number of nitrogens with one attached hydrogen (secondary N) is 2. The van der Waals surface area contributed by atoms with Crippen LogP contribution in [-0.2, 0) is 9.59 Å². The van der Waals surface area contributed by atoms with Gasteiger partial charge in [-0.05, 0) is 48.0 Å². The molecule has 3 N–H and O–H groups in total. The van der Waals surface area contributed by atoms with Gasteiger partial charge in [-0.15, -0.1) is 0 Å². The molecule has 6 nitrogen and oxygen atoms in total. The van der Waals surface area contributed by atoms with Crippen molar-refractivity contribution in [3.05, 3.63) is 27.1 Å². The molecule has 8 heteroatoms. The Labute approximate surface area is 138 Å². The van der Waals surface area contributed by atoms with Gasteiger partial charge in [-0.25, -0.2) is 4.79 Å². The van der Waals surface area contributed by atoms with Gasteiger partial charge in [-0.1, -0.05) is 15.9 Å². The number of halogens is 2. The zero-order chi connectivity index (χ0) is 16.2. The highest BCUT2D eigenvalue weighted by atomic mass is 79.9. The molecule has 1 aromatic rings. The van der Waals surface area contributed by atoms with Crippen LogP contribution >= 0.6 is 31.9 Å². The Morgan fingerprint density at radius 1 is 1.24 bits per heavy atom. The van der Waals surface area contributed by atoms with Crippen molar-refractivity contribution in [1.82, 2.24) is 5.32 Å². The van der Waals surface area contributed by atoms with Crippen LogP contribution in [0.4, 0.5) is 10.5 Å². The summed E-state index contributed by atoms with van der Waals surface area (Å²) in [6.07, 6.45) is -0.294. The number of imide groups is 1. The highest BCUT2D eigenvalue weighted by Gasteiger charge is 2.30. The fraction of sp³-hybridized carbons (Fsp3) is 0.308. The van der Waals surface area contributed by atoms with Crippen molar-refractivity contribution < 1.29 is 19.5 Å². The summed E-state index contributed by atoms with van der Waals surface area (Å²) in [5.74, 6) is -1.76. The van der Waals surface area contributed by atoms with Gasteiger partial charge in [-0.3, -0.25) is 14.9 Å². The van der Waals surface area contributed by atoms with Gasteiger partial charge in [-0.2, -0.15) is 0 Å². The summed E-state index contributed by atoms with van der Waals surface area (Å²) in [7, 11) is 0. The lowest BCUT2D eigenvalue weighted by molar-refractivity contribution is -0.149. The second kappa shape index (κ2) is 7.04. The Morgan fingerprint density at radius 2 is 1.86 bits per heavy atom. The molecular weight excluding hydrogens is 408 g/mol. The standard InChI is InChI=1S/C13H14Br2N2O4/c1-13(2,11(19)20)6-10(18)17-12(21)16-9-4-3-7(14)5-8(9)15/h3-5H,6H2,1-2H3,(H,19,20)(H2,16,17,18,21). The molecule has 3 amide bonds. The number of carbonyl (C=O) groups excluding carboxylic acids is 2. The molecule has 0 unspecified atom stereocenters. The van der Waals surface area contributed by atoms with Crippen molar-refractivity contribution in [2.24, 2.45) is 5.41 Å². The summed E-state index contributed by atoms with van der Waals surface area (Å²) in [5.41, 5.74) is -0.747. The summed E-state index contributed by atoms with van der Waals surface area (Å²) in [4.78, 5) is 34.3. The van der Waals surface area contributed by atoms with Crippen LogP contribution in [0.1, 0.15) is 20.3 Å². The number of aliphatic carboxylic acids is 1. The van der Waals surface area contributed by atoms with E-state index >= 15 is 0 Å². The third-order valence-corrected chi connectivity index (χ3v) is 3.76. The molecule has 1 rings (SSSR count). The highest BCUT2D eigenvalue weighted by Crippen LogP contribution is 2.26. The lowest BCUT2D eigenvalue weighted by Gasteiger charge is -2.18. The summed E-state index contributed by atoms with van der Waals surface area (Å²) < 4.78 is 1.48. The number of carboxylic acid groups (broad SMARTS) is 1. The Bertz CT molecular complexity index is 588. The molecule has 0 fully saturated rings. The minimum absolute atomic E-state index is 0.294. The number of rotatable bonds is 4. The van der Waals surface area contributed by atoms with Crippen LogP contribution in [0, 0.1) is 5.41 Å². The van der Waals surface area contributed by atoms with Gasteiger partial charge in [0.15, 0.2) is 0 Å². The molecule has 0 aliphatic heterocycles. The number of carboxylic acids is 1. The van der Waals surface area contributed by atoms with Crippen LogP contribution < -0.4 is 10.6 Å². The largest absolute Gasteiger partial charge is 0.481 e. The van der Waals surface area contributed by atoms with E-state index in [1.54, 1.807) is 18.2 Å². The fourth-order valence-electron chi connectivity index (χ4n) is 1.39. The Hall–Kier alpha value is -1.41. The zero-order valence-electron chi connectivity index (χ0n) is 11.4. The topological polar surface area (TPSA) is 95.5 Å². The minimum Gasteiger partial charge on any atom is -0.481 e. The molecular formula is C13H14Br2N2O4. The van der Waals surface area contributed by atoms with E-state index in [4.69, 9.17) is 5.11 Å². The third-order valence-electron chi connectivity index (χ3n) is 2.61. The van der Waals surface area contributed by atoms with Gasteiger partial charge in [0, 0.05) is 15.4 Å². The van der Waals surface area contributed by atoms with Gasteiger partial charge in [0.25, 0.3) is 0 Å². The number of urea groups is 1. The predicted octanol–water partition coefficient (Wildman–Crippen LogP) is 3.36. The van der Waals surface area contributed by atoms with Crippen LogP contribution in [0.25, 0.3) is 0 Å². The first-order valence-corrected chi connectivity index (χ1v) is 7.50. The lowest BCUT2D eigenvalue weighted by atomic mass is 9.89. The second-order valence-electron chi connectivity index (χ2n) is 4.99. The van der Waals surface area contributed by atoms with E-state index in [0.717, 1.165) is 4.47 Å². The average molecular weight is 422 g/mol. The Kier molecular flexibility index (Phi) is 5.91. The van der Waals surface area contributed by atoms with Crippen molar-refractivity contribution in [2.45, 2.75) is 20.3 Å². The van der Waals surface area contributed by atoms with Crippen molar-refractivity contribution in [1.29, 1.82) is 0 Å². The monoisotopic (exact) mass is 420 g/mol. The van der Waals surface area contributed by atoms with Crippen molar-refractivity contribution in [2.75, 3.05) is 5.32 Å².